The molecule has 0 radical (unpaired) electrons. The third-order valence-electron chi connectivity index (χ3n) is 3.38. The van der Waals surface area contributed by atoms with E-state index in [2.05, 4.69) is 5.32 Å². The molecule has 0 saturated heterocycles. The highest BCUT2D eigenvalue weighted by atomic mass is 35.5. The van der Waals surface area contributed by atoms with Gasteiger partial charge in [0.15, 0.2) is 0 Å². The lowest BCUT2D eigenvalue weighted by atomic mass is 10.2. The van der Waals surface area contributed by atoms with E-state index in [0.29, 0.717) is 16.8 Å². The van der Waals surface area contributed by atoms with Gasteiger partial charge in [-0.2, -0.15) is 22.0 Å². The Bertz CT molecular complexity index is 1050. The Balaban J connectivity index is 2.19. The van der Waals surface area contributed by atoms with Crippen LogP contribution in [0.2, 0.25) is 5.02 Å². The van der Waals surface area contributed by atoms with Crippen LogP contribution in [0.1, 0.15) is 5.56 Å². The van der Waals surface area contributed by atoms with Crippen molar-refractivity contribution < 1.29 is 35.2 Å². The van der Waals surface area contributed by atoms with Crippen LogP contribution in [0.15, 0.2) is 46.2 Å². The van der Waals surface area contributed by atoms with Crippen LogP contribution in [0.4, 0.5) is 27.6 Å². The number of nitrogens with zero attached hydrogens (tertiary/aromatic N) is 1. The lowest BCUT2D eigenvalue weighted by Crippen LogP contribution is -2.29. The lowest BCUT2D eigenvalue weighted by Gasteiger charge is -2.12. The first-order chi connectivity index (χ1) is 12.8. The van der Waals surface area contributed by atoms with E-state index in [1.165, 1.54) is 0 Å². The molecule has 1 aromatic heterocycles. The molecule has 1 N–H and O–H groups in total. The zero-order valence-corrected chi connectivity index (χ0v) is 15.1. The maximum absolute atomic E-state index is 12.8. The summed E-state index contributed by atoms with van der Waals surface area (Å²) in [6.07, 6.45) is -4.37. The average molecular weight is 445 g/mol. The van der Waals surface area contributed by atoms with Crippen molar-refractivity contribution in [1.29, 1.82) is 0 Å². The summed E-state index contributed by atoms with van der Waals surface area (Å²) in [7, 11) is -4.81. The number of halogens is 6. The molecule has 0 saturated carbocycles. The van der Waals surface area contributed by atoms with Crippen LogP contribution in [0, 0.1) is 0 Å². The van der Waals surface area contributed by atoms with Crippen LogP contribution < -0.4 is 10.9 Å². The number of hydrogen-bond acceptors (Lipinski definition) is 4. The van der Waals surface area contributed by atoms with Gasteiger partial charge in [0.25, 0.3) is 5.56 Å². The number of carbonyl (C=O) groups excluding carboxylic acids is 1. The Kier molecular flexibility index (Phi) is 6.14. The summed E-state index contributed by atoms with van der Waals surface area (Å²) >= 11 is 5.47. The number of rotatable bonds is 5. The molecule has 1 heterocycles. The summed E-state index contributed by atoms with van der Waals surface area (Å²) < 4.78 is 86.3. The summed E-state index contributed by atoms with van der Waals surface area (Å²) in [5.41, 5.74) is -2.28. The second-order valence-corrected chi connectivity index (χ2v) is 7.71. The lowest BCUT2D eigenvalue weighted by molar-refractivity contribution is -0.138. The van der Waals surface area contributed by atoms with Gasteiger partial charge in [-0.3, -0.25) is 9.59 Å². The number of hydrogen-bond donors (Lipinski definition) is 1. The molecule has 28 heavy (non-hydrogen) atoms. The molecular formula is C15H10ClF5N2O4S. The molecule has 0 fully saturated rings. The van der Waals surface area contributed by atoms with Gasteiger partial charge in [-0.1, -0.05) is 11.6 Å². The van der Waals surface area contributed by atoms with Crippen LogP contribution >= 0.6 is 11.6 Å². The number of carbonyl (C=O) groups is 1. The molecule has 1 aromatic carbocycles. The first-order valence-corrected chi connectivity index (χ1v) is 9.14. The maximum atomic E-state index is 12.8. The van der Waals surface area contributed by atoms with E-state index >= 15 is 0 Å². The summed E-state index contributed by atoms with van der Waals surface area (Å²) in [5, 5.41) is 1.47. The number of alkyl halides is 5. The number of amides is 1. The fraction of sp³-hybridized carbons (Fsp3) is 0.200. The minimum absolute atomic E-state index is 0.0238. The van der Waals surface area contributed by atoms with E-state index in [1.54, 1.807) is 0 Å². The predicted molar refractivity (Wildman–Crippen MR) is 89.0 cm³/mol. The molecule has 0 aliphatic rings. The molecule has 0 unspecified atom stereocenters. The Morgan fingerprint density at radius 1 is 1.18 bits per heavy atom. The van der Waals surface area contributed by atoms with E-state index < -0.39 is 55.3 Å². The Morgan fingerprint density at radius 3 is 2.25 bits per heavy atom. The predicted octanol–water partition coefficient (Wildman–Crippen LogP) is 3.16. The molecule has 0 spiro atoms. The van der Waals surface area contributed by atoms with Crippen molar-refractivity contribution in [3.63, 3.8) is 0 Å². The van der Waals surface area contributed by atoms with Crippen LogP contribution in [0.3, 0.4) is 0 Å². The molecule has 0 bridgehead atoms. The highest BCUT2D eigenvalue weighted by molar-refractivity contribution is 7.91. The van der Waals surface area contributed by atoms with Gasteiger partial charge in [0.05, 0.1) is 10.5 Å². The summed E-state index contributed by atoms with van der Waals surface area (Å²) in [4.78, 5) is 23.1. The molecule has 0 aliphatic heterocycles. The molecule has 1 amide bonds. The van der Waals surface area contributed by atoms with Crippen LogP contribution in [0.5, 0.6) is 0 Å². The monoisotopic (exact) mass is 444 g/mol. The van der Waals surface area contributed by atoms with Crippen molar-refractivity contribution in [2.24, 2.45) is 0 Å². The SMILES string of the molecule is O=C(Cn1cc(C(F)(F)F)cc(Cl)c1=O)Nc1ccc(S(=O)(=O)C(F)F)cc1. The van der Waals surface area contributed by atoms with Crippen molar-refractivity contribution in [3.8, 4) is 0 Å². The van der Waals surface area contributed by atoms with E-state index in [0.717, 1.165) is 24.3 Å². The topological polar surface area (TPSA) is 85.2 Å². The van der Waals surface area contributed by atoms with Crippen LogP contribution in [-0.4, -0.2) is 24.6 Å². The van der Waals surface area contributed by atoms with Crippen LogP contribution in [0.25, 0.3) is 0 Å². The largest absolute Gasteiger partial charge is 0.417 e. The van der Waals surface area contributed by atoms with Gasteiger partial charge in [-0.25, -0.2) is 8.42 Å². The highest BCUT2D eigenvalue weighted by Gasteiger charge is 2.32. The number of benzene rings is 1. The van der Waals surface area contributed by atoms with Gasteiger partial charge in [0.1, 0.15) is 11.6 Å². The number of anilines is 1. The molecule has 2 rings (SSSR count). The zero-order valence-electron chi connectivity index (χ0n) is 13.5. The minimum Gasteiger partial charge on any atom is -0.325 e. The van der Waals surface area contributed by atoms with Crippen molar-refractivity contribution in [2.45, 2.75) is 23.4 Å². The molecule has 13 heteroatoms. The Morgan fingerprint density at radius 2 is 1.75 bits per heavy atom. The van der Waals surface area contributed by atoms with Gasteiger partial charge in [-0.05, 0) is 30.3 Å². The smallest absolute Gasteiger partial charge is 0.325 e. The van der Waals surface area contributed by atoms with Crippen molar-refractivity contribution >= 4 is 33.0 Å². The van der Waals surface area contributed by atoms with Crippen molar-refractivity contribution in [1.82, 2.24) is 4.57 Å². The normalized spacial score (nSPS) is 12.2. The molecule has 6 nitrogen and oxygen atoms in total. The first kappa shape index (κ1) is 21.8. The third-order valence-corrected chi connectivity index (χ3v) is 5.05. The second kappa shape index (κ2) is 7.87. The number of sulfone groups is 1. The molecular weight excluding hydrogens is 435 g/mol. The highest BCUT2D eigenvalue weighted by Crippen LogP contribution is 2.29. The number of nitrogens with one attached hydrogen (secondary N) is 1. The number of aromatic nitrogens is 1. The Hall–Kier alpha value is -2.47. The van der Waals surface area contributed by atoms with Gasteiger partial charge in [-0.15, -0.1) is 0 Å². The first-order valence-electron chi connectivity index (χ1n) is 7.21. The van der Waals surface area contributed by atoms with E-state index in [-0.39, 0.29) is 5.69 Å². The number of pyridine rings is 1. The van der Waals surface area contributed by atoms with E-state index in [9.17, 15) is 40.0 Å². The van der Waals surface area contributed by atoms with Gasteiger partial charge < -0.3 is 9.88 Å². The third kappa shape index (κ3) is 4.87. The standard InChI is InChI=1S/C15H10ClF5N2O4S/c16-11-5-8(15(19,20)21)6-23(13(11)25)7-12(24)22-9-1-3-10(4-2-9)28(26,27)14(17)18/h1-6,14H,7H2,(H,22,24). The zero-order chi connectivity index (χ0) is 21.3. The molecule has 0 aliphatic carbocycles. The van der Waals surface area contributed by atoms with Crippen molar-refractivity contribution in [3.05, 3.63) is 57.5 Å². The summed E-state index contributed by atoms with van der Waals surface area (Å²) in [6, 6.07) is 4.10. The van der Waals surface area contributed by atoms with Gasteiger partial charge >= 0.3 is 11.9 Å². The van der Waals surface area contributed by atoms with Crippen molar-refractivity contribution in [2.75, 3.05) is 5.32 Å². The molecule has 0 atom stereocenters. The maximum Gasteiger partial charge on any atom is 0.417 e. The fourth-order valence-corrected chi connectivity index (χ4v) is 3.01. The average Bonchev–Trinajstić information content (AvgIpc) is 2.58. The van der Waals surface area contributed by atoms with Gasteiger partial charge in [0, 0.05) is 11.9 Å². The quantitative estimate of drug-likeness (QED) is 0.718. The van der Waals surface area contributed by atoms with Gasteiger partial charge in [0.2, 0.25) is 15.7 Å². The molecule has 152 valence electrons. The second-order valence-electron chi connectivity index (χ2n) is 5.39. The fourth-order valence-electron chi connectivity index (χ4n) is 2.06. The molecule has 2 aromatic rings. The van der Waals surface area contributed by atoms with E-state index in [1.807, 2.05) is 0 Å². The summed E-state index contributed by atoms with van der Waals surface area (Å²) in [5.74, 6) is -4.55. The minimum atomic E-state index is -4.81. The van der Waals surface area contributed by atoms with E-state index in [4.69, 9.17) is 11.6 Å². The summed E-state index contributed by atoms with van der Waals surface area (Å²) in [6.45, 7) is -0.820. The van der Waals surface area contributed by atoms with Crippen LogP contribution in [-0.2, 0) is 27.4 Å². The Labute approximate surface area is 159 Å².